The highest BCUT2D eigenvalue weighted by Gasteiger charge is 2.24. The van der Waals surface area contributed by atoms with Gasteiger partial charge >= 0.3 is 0 Å². The van der Waals surface area contributed by atoms with Gasteiger partial charge in [0.25, 0.3) is 0 Å². The minimum atomic E-state index is 0.103. The van der Waals surface area contributed by atoms with Gasteiger partial charge in [-0.25, -0.2) is 0 Å². The van der Waals surface area contributed by atoms with E-state index in [0.717, 1.165) is 11.5 Å². The molecule has 0 radical (unpaired) electrons. The molecule has 1 aromatic rings. The number of hydrogen-bond acceptors (Lipinski definition) is 2. The first-order chi connectivity index (χ1) is 5.77. The van der Waals surface area contributed by atoms with Crippen LogP contribution in [0.25, 0.3) is 0 Å². The van der Waals surface area contributed by atoms with E-state index in [9.17, 15) is 0 Å². The Kier molecular flexibility index (Phi) is 1.85. The van der Waals surface area contributed by atoms with Crippen molar-refractivity contribution in [2.75, 3.05) is 0 Å². The van der Waals surface area contributed by atoms with E-state index in [1.165, 1.54) is 18.5 Å². The number of pyridine rings is 1. The van der Waals surface area contributed by atoms with E-state index in [4.69, 9.17) is 5.73 Å². The zero-order valence-corrected chi connectivity index (χ0v) is 7.33. The number of hydrogen-bond donors (Lipinski definition) is 1. The highest BCUT2D eigenvalue weighted by Crippen LogP contribution is 2.38. The summed E-state index contributed by atoms with van der Waals surface area (Å²) in [5.74, 6) is 0.743. The van der Waals surface area contributed by atoms with E-state index in [2.05, 4.69) is 17.1 Å². The first-order valence-corrected chi connectivity index (χ1v) is 4.49. The lowest BCUT2D eigenvalue weighted by atomic mass is 10.1. The third kappa shape index (κ3) is 1.48. The topological polar surface area (TPSA) is 38.9 Å². The Bertz CT molecular complexity index is 239. The van der Waals surface area contributed by atoms with Gasteiger partial charge in [0, 0.05) is 23.9 Å². The predicted octanol–water partition coefficient (Wildman–Crippen LogP) is 1.98. The third-order valence-electron chi connectivity index (χ3n) is 2.33. The number of nitrogens with two attached hydrogens (primary N) is 1. The van der Waals surface area contributed by atoms with Gasteiger partial charge in [-0.3, -0.25) is 4.98 Å². The second-order valence-electron chi connectivity index (χ2n) is 3.58. The molecule has 2 rings (SSSR count). The van der Waals surface area contributed by atoms with E-state index >= 15 is 0 Å². The van der Waals surface area contributed by atoms with Crippen LogP contribution in [0.3, 0.4) is 0 Å². The van der Waals surface area contributed by atoms with E-state index in [1.807, 2.05) is 13.1 Å². The highest BCUT2D eigenvalue weighted by atomic mass is 14.7. The molecule has 1 unspecified atom stereocenters. The summed E-state index contributed by atoms with van der Waals surface area (Å²) in [5, 5.41) is 0. The van der Waals surface area contributed by atoms with Crippen molar-refractivity contribution in [1.29, 1.82) is 0 Å². The molecule has 1 aliphatic rings. The van der Waals surface area contributed by atoms with Gasteiger partial charge in [0.05, 0.1) is 0 Å². The van der Waals surface area contributed by atoms with E-state index in [1.54, 1.807) is 0 Å². The van der Waals surface area contributed by atoms with Crippen molar-refractivity contribution in [1.82, 2.24) is 4.98 Å². The van der Waals surface area contributed by atoms with Crippen molar-refractivity contribution in [3.8, 4) is 0 Å². The molecule has 12 heavy (non-hydrogen) atoms. The second kappa shape index (κ2) is 2.87. The Morgan fingerprint density at radius 2 is 2.25 bits per heavy atom. The standard InChI is InChI=1S/C10H14N2/c1-7(11)9-4-5-10(12-6-9)8-2-3-8/h4-8H,2-3,11H2,1H3. The van der Waals surface area contributed by atoms with Gasteiger partial charge in [-0.1, -0.05) is 6.07 Å². The van der Waals surface area contributed by atoms with Gasteiger partial charge in [-0.2, -0.15) is 0 Å². The summed E-state index contributed by atoms with van der Waals surface area (Å²) in [4.78, 5) is 4.38. The fourth-order valence-electron chi connectivity index (χ4n) is 1.31. The Labute approximate surface area is 72.8 Å². The zero-order valence-electron chi connectivity index (χ0n) is 7.33. The highest BCUT2D eigenvalue weighted by molar-refractivity contribution is 5.21. The summed E-state index contributed by atoms with van der Waals surface area (Å²) in [7, 11) is 0. The normalized spacial score (nSPS) is 19.2. The Hall–Kier alpha value is -0.890. The van der Waals surface area contributed by atoms with Crippen molar-refractivity contribution in [2.24, 2.45) is 5.73 Å². The lowest BCUT2D eigenvalue weighted by molar-refractivity contribution is 0.806. The summed E-state index contributed by atoms with van der Waals surface area (Å²) >= 11 is 0. The molecular formula is C10H14N2. The van der Waals surface area contributed by atoms with Crippen LogP contribution >= 0.6 is 0 Å². The molecule has 0 aromatic carbocycles. The maximum absolute atomic E-state index is 5.72. The van der Waals surface area contributed by atoms with Crippen LogP contribution in [0.5, 0.6) is 0 Å². The largest absolute Gasteiger partial charge is 0.324 e. The molecule has 2 N–H and O–H groups in total. The molecule has 0 bridgehead atoms. The van der Waals surface area contributed by atoms with Gasteiger partial charge in [-0.05, 0) is 31.4 Å². The molecule has 1 saturated carbocycles. The fourth-order valence-corrected chi connectivity index (χ4v) is 1.31. The molecule has 2 heteroatoms. The summed E-state index contributed by atoms with van der Waals surface area (Å²) in [6.07, 6.45) is 4.52. The maximum Gasteiger partial charge on any atom is 0.0434 e. The lowest BCUT2D eigenvalue weighted by Gasteiger charge is -2.04. The summed E-state index contributed by atoms with van der Waals surface area (Å²) in [5.41, 5.74) is 8.08. The monoisotopic (exact) mass is 162 g/mol. The van der Waals surface area contributed by atoms with Crippen LogP contribution in [0.4, 0.5) is 0 Å². The van der Waals surface area contributed by atoms with Crippen LogP contribution in [0.15, 0.2) is 18.3 Å². The van der Waals surface area contributed by atoms with Crippen LogP contribution in [0.2, 0.25) is 0 Å². The molecule has 0 spiro atoms. The van der Waals surface area contributed by atoms with Crippen LogP contribution in [-0.2, 0) is 0 Å². The summed E-state index contributed by atoms with van der Waals surface area (Å²) in [6, 6.07) is 4.30. The maximum atomic E-state index is 5.72. The molecule has 1 aliphatic carbocycles. The van der Waals surface area contributed by atoms with Crippen LogP contribution in [-0.4, -0.2) is 4.98 Å². The SMILES string of the molecule is CC(N)c1ccc(C2CC2)nc1. The number of nitrogens with zero attached hydrogens (tertiary/aromatic N) is 1. The van der Waals surface area contributed by atoms with E-state index in [-0.39, 0.29) is 6.04 Å². The zero-order chi connectivity index (χ0) is 8.55. The quantitative estimate of drug-likeness (QED) is 0.722. The van der Waals surface area contributed by atoms with Crippen molar-refractivity contribution in [3.05, 3.63) is 29.6 Å². The molecule has 1 atom stereocenters. The molecule has 1 fully saturated rings. The van der Waals surface area contributed by atoms with Gasteiger partial charge < -0.3 is 5.73 Å². The molecular weight excluding hydrogens is 148 g/mol. The second-order valence-corrected chi connectivity index (χ2v) is 3.58. The number of rotatable bonds is 2. The van der Waals surface area contributed by atoms with Gasteiger partial charge in [0.2, 0.25) is 0 Å². The minimum absolute atomic E-state index is 0.103. The Morgan fingerprint density at radius 3 is 2.67 bits per heavy atom. The smallest absolute Gasteiger partial charge is 0.0434 e. The van der Waals surface area contributed by atoms with Crippen LogP contribution < -0.4 is 5.73 Å². The third-order valence-corrected chi connectivity index (χ3v) is 2.33. The Morgan fingerprint density at radius 1 is 1.50 bits per heavy atom. The average Bonchev–Trinajstić information content (AvgIpc) is 2.87. The van der Waals surface area contributed by atoms with Crippen molar-refractivity contribution in [2.45, 2.75) is 31.7 Å². The predicted molar refractivity (Wildman–Crippen MR) is 48.8 cm³/mol. The number of aromatic nitrogens is 1. The molecule has 1 heterocycles. The van der Waals surface area contributed by atoms with Gasteiger partial charge in [0.1, 0.15) is 0 Å². The van der Waals surface area contributed by atoms with Gasteiger partial charge in [0.15, 0.2) is 0 Å². The van der Waals surface area contributed by atoms with Gasteiger partial charge in [-0.15, -0.1) is 0 Å². The summed E-state index contributed by atoms with van der Waals surface area (Å²) < 4.78 is 0. The van der Waals surface area contributed by atoms with Crippen molar-refractivity contribution < 1.29 is 0 Å². The first kappa shape index (κ1) is 7.74. The van der Waals surface area contributed by atoms with Crippen molar-refractivity contribution >= 4 is 0 Å². The Balaban J connectivity index is 2.18. The molecule has 64 valence electrons. The molecule has 2 nitrogen and oxygen atoms in total. The van der Waals surface area contributed by atoms with Crippen molar-refractivity contribution in [3.63, 3.8) is 0 Å². The first-order valence-electron chi connectivity index (χ1n) is 4.49. The van der Waals surface area contributed by atoms with Crippen LogP contribution in [0.1, 0.15) is 43.0 Å². The molecule has 0 aliphatic heterocycles. The average molecular weight is 162 g/mol. The molecule has 0 amide bonds. The lowest BCUT2D eigenvalue weighted by Crippen LogP contribution is -2.05. The molecule has 1 aromatic heterocycles. The minimum Gasteiger partial charge on any atom is -0.324 e. The summed E-state index contributed by atoms with van der Waals surface area (Å²) in [6.45, 7) is 1.98. The molecule has 0 saturated heterocycles. The van der Waals surface area contributed by atoms with Crippen LogP contribution in [0, 0.1) is 0 Å². The fraction of sp³-hybridized carbons (Fsp3) is 0.500. The van der Waals surface area contributed by atoms with E-state index in [0.29, 0.717) is 0 Å². The van der Waals surface area contributed by atoms with E-state index < -0.39 is 0 Å².